The van der Waals surface area contributed by atoms with Gasteiger partial charge in [0.15, 0.2) is 15.0 Å². The second-order valence-corrected chi connectivity index (χ2v) is 10.1. The molecular weight excluding hydrogens is 358 g/mol. The molecule has 2 heterocycles. The van der Waals surface area contributed by atoms with Crippen LogP contribution in [0, 0.1) is 6.92 Å². The molecule has 0 aliphatic carbocycles. The Labute approximate surface area is 152 Å². The van der Waals surface area contributed by atoms with Gasteiger partial charge in [-0.2, -0.15) is 0 Å². The number of rotatable bonds is 5. The van der Waals surface area contributed by atoms with Crippen LogP contribution in [0.4, 0.5) is 0 Å². The molecule has 0 radical (unpaired) electrons. The molecule has 1 aliphatic rings. The molecule has 1 amide bonds. The molecule has 8 heteroatoms. The largest absolute Gasteiger partial charge is 0.338 e. The van der Waals surface area contributed by atoms with E-state index in [1.165, 1.54) is 11.8 Å². The third kappa shape index (κ3) is 4.00. The van der Waals surface area contributed by atoms with Gasteiger partial charge in [0.1, 0.15) is 0 Å². The number of benzene rings is 1. The highest BCUT2D eigenvalue weighted by Gasteiger charge is 2.35. The smallest absolute Gasteiger partial charge is 0.236 e. The first kappa shape index (κ1) is 18.3. The van der Waals surface area contributed by atoms with Crippen molar-refractivity contribution >= 4 is 38.5 Å². The number of carbonyl (C=O) groups excluding carboxylic acids is 1. The average Bonchev–Trinajstić information content (AvgIpc) is 3.09. The highest BCUT2D eigenvalue weighted by molar-refractivity contribution is 8.00. The molecule has 0 bridgehead atoms. The van der Waals surface area contributed by atoms with Gasteiger partial charge in [-0.05, 0) is 44.9 Å². The van der Waals surface area contributed by atoms with Gasteiger partial charge in [-0.15, -0.1) is 0 Å². The second kappa shape index (κ2) is 6.99. The number of aromatic nitrogens is 2. The zero-order valence-electron chi connectivity index (χ0n) is 14.7. The van der Waals surface area contributed by atoms with Crippen molar-refractivity contribution in [2.75, 3.05) is 18.1 Å². The van der Waals surface area contributed by atoms with Gasteiger partial charge in [0, 0.05) is 12.6 Å². The summed E-state index contributed by atoms with van der Waals surface area (Å²) >= 11 is 1.38. The fraction of sp³-hybridized carbons (Fsp3) is 0.529. The van der Waals surface area contributed by atoms with Crippen LogP contribution in [-0.4, -0.2) is 58.5 Å². The average molecular weight is 382 g/mol. The Morgan fingerprint density at radius 3 is 2.88 bits per heavy atom. The quantitative estimate of drug-likeness (QED) is 0.804. The van der Waals surface area contributed by atoms with Crippen molar-refractivity contribution in [3.05, 3.63) is 23.8 Å². The van der Waals surface area contributed by atoms with E-state index in [0.717, 1.165) is 16.6 Å². The van der Waals surface area contributed by atoms with Crippen LogP contribution in [0.1, 0.15) is 25.8 Å². The third-order valence-corrected chi connectivity index (χ3v) is 7.25. The molecule has 3 rings (SSSR count). The molecule has 136 valence electrons. The molecule has 1 fully saturated rings. The number of H-pyrrole nitrogens is 1. The van der Waals surface area contributed by atoms with Gasteiger partial charge in [0.2, 0.25) is 5.91 Å². The number of sulfone groups is 1. The fourth-order valence-corrected chi connectivity index (χ4v) is 5.84. The number of nitrogens with one attached hydrogen (secondary N) is 1. The Bertz CT molecular complexity index is 892. The van der Waals surface area contributed by atoms with Crippen LogP contribution in [0.15, 0.2) is 23.4 Å². The lowest BCUT2D eigenvalue weighted by Gasteiger charge is -2.29. The first-order chi connectivity index (χ1) is 11.8. The van der Waals surface area contributed by atoms with E-state index in [9.17, 15) is 13.2 Å². The number of amides is 1. The predicted molar refractivity (Wildman–Crippen MR) is 101 cm³/mol. The summed E-state index contributed by atoms with van der Waals surface area (Å²) < 4.78 is 23.4. The molecule has 1 N–H and O–H groups in total. The summed E-state index contributed by atoms with van der Waals surface area (Å²) in [6.07, 6.45) is 0.531. The number of hydrogen-bond donors (Lipinski definition) is 1. The van der Waals surface area contributed by atoms with Crippen molar-refractivity contribution in [1.82, 2.24) is 14.9 Å². The lowest BCUT2D eigenvalue weighted by atomic mass is 10.2. The van der Waals surface area contributed by atoms with Crippen LogP contribution in [0.5, 0.6) is 0 Å². The highest BCUT2D eigenvalue weighted by atomic mass is 32.2. The Balaban J connectivity index is 1.72. The number of thioether (sulfide) groups is 1. The summed E-state index contributed by atoms with van der Waals surface area (Å²) in [7, 11) is -3.01. The molecule has 0 unspecified atom stereocenters. The maximum Gasteiger partial charge on any atom is 0.236 e. The molecule has 6 nitrogen and oxygen atoms in total. The van der Waals surface area contributed by atoms with Crippen molar-refractivity contribution in [3.63, 3.8) is 0 Å². The number of hydrogen-bond acceptors (Lipinski definition) is 5. The first-order valence-corrected chi connectivity index (χ1v) is 11.1. The van der Waals surface area contributed by atoms with E-state index in [4.69, 9.17) is 0 Å². The minimum absolute atomic E-state index is 0.0359. The van der Waals surface area contributed by atoms with E-state index < -0.39 is 9.84 Å². The molecule has 0 spiro atoms. The Morgan fingerprint density at radius 2 is 2.24 bits per heavy atom. The molecule has 0 saturated carbocycles. The third-order valence-electron chi connectivity index (χ3n) is 4.52. The predicted octanol–water partition coefficient (Wildman–Crippen LogP) is 2.39. The van der Waals surface area contributed by atoms with Gasteiger partial charge in [-0.3, -0.25) is 4.79 Å². The molecule has 2 aromatic rings. The number of aromatic amines is 1. The normalized spacial score (nSPS) is 20.7. The number of aryl methyl sites for hydroxylation is 1. The number of nitrogens with zero attached hydrogens (tertiary/aromatic N) is 2. The summed E-state index contributed by atoms with van der Waals surface area (Å²) in [5.41, 5.74) is 2.98. The summed E-state index contributed by atoms with van der Waals surface area (Å²) in [4.78, 5) is 22.3. The number of fused-ring (bicyclic) bond motifs is 1. The summed E-state index contributed by atoms with van der Waals surface area (Å²) in [5.74, 6) is 0.214. The lowest BCUT2D eigenvalue weighted by molar-refractivity contribution is -0.131. The van der Waals surface area contributed by atoms with Gasteiger partial charge in [-0.1, -0.05) is 17.8 Å². The van der Waals surface area contributed by atoms with E-state index >= 15 is 0 Å². The van der Waals surface area contributed by atoms with Crippen LogP contribution in [-0.2, 0) is 14.6 Å². The Hall–Kier alpha value is -1.54. The summed E-state index contributed by atoms with van der Waals surface area (Å²) in [5, 5.41) is 0.376. The summed E-state index contributed by atoms with van der Waals surface area (Å²) in [6.45, 7) is 6.28. The SMILES string of the molecule is CCN(C(=O)[C@@H](C)Sc1nc2ccc(C)cc2[nH]1)[C@H]1CCS(=O)(=O)C1. The molecule has 1 saturated heterocycles. The van der Waals surface area contributed by atoms with E-state index in [-0.39, 0.29) is 28.7 Å². The maximum atomic E-state index is 12.8. The van der Waals surface area contributed by atoms with Crippen molar-refractivity contribution in [3.8, 4) is 0 Å². The van der Waals surface area contributed by atoms with Gasteiger partial charge >= 0.3 is 0 Å². The van der Waals surface area contributed by atoms with Crippen molar-refractivity contribution < 1.29 is 13.2 Å². The Morgan fingerprint density at radius 1 is 1.48 bits per heavy atom. The number of imidazole rings is 1. The van der Waals surface area contributed by atoms with Crippen LogP contribution < -0.4 is 0 Å². The van der Waals surface area contributed by atoms with E-state index in [1.807, 2.05) is 39.0 Å². The van der Waals surface area contributed by atoms with Gasteiger partial charge in [-0.25, -0.2) is 13.4 Å². The molecule has 1 aromatic carbocycles. The zero-order valence-corrected chi connectivity index (χ0v) is 16.3. The Kier molecular flexibility index (Phi) is 5.11. The molecular formula is C17H23N3O3S2. The van der Waals surface area contributed by atoms with Crippen LogP contribution in [0.25, 0.3) is 11.0 Å². The second-order valence-electron chi connectivity index (χ2n) is 6.50. The monoisotopic (exact) mass is 381 g/mol. The van der Waals surface area contributed by atoms with Gasteiger partial charge in [0.25, 0.3) is 0 Å². The van der Waals surface area contributed by atoms with Crippen LogP contribution in [0.3, 0.4) is 0 Å². The summed E-state index contributed by atoms with van der Waals surface area (Å²) in [6, 6.07) is 5.79. The van der Waals surface area contributed by atoms with Crippen LogP contribution in [0.2, 0.25) is 0 Å². The minimum atomic E-state index is -3.01. The standard InChI is InChI=1S/C17H23N3O3S2/c1-4-20(13-7-8-25(22,23)10-13)16(21)12(3)24-17-18-14-6-5-11(2)9-15(14)19-17/h5-6,9,12-13H,4,7-8,10H2,1-3H3,(H,18,19)/t12-,13+/m1/s1. The number of carbonyl (C=O) groups is 1. The van der Waals surface area contributed by atoms with Crippen molar-refractivity contribution in [1.29, 1.82) is 0 Å². The van der Waals surface area contributed by atoms with Crippen LogP contribution >= 0.6 is 11.8 Å². The maximum absolute atomic E-state index is 12.8. The minimum Gasteiger partial charge on any atom is -0.338 e. The van der Waals surface area contributed by atoms with E-state index in [1.54, 1.807) is 4.90 Å². The molecule has 2 atom stereocenters. The van der Waals surface area contributed by atoms with E-state index in [2.05, 4.69) is 9.97 Å². The lowest BCUT2D eigenvalue weighted by Crippen LogP contribution is -2.44. The van der Waals surface area contributed by atoms with E-state index in [0.29, 0.717) is 18.1 Å². The topological polar surface area (TPSA) is 83.1 Å². The highest BCUT2D eigenvalue weighted by Crippen LogP contribution is 2.27. The molecule has 25 heavy (non-hydrogen) atoms. The molecule has 1 aliphatic heterocycles. The fourth-order valence-electron chi connectivity index (χ4n) is 3.22. The van der Waals surface area contributed by atoms with Crippen molar-refractivity contribution in [2.24, 2.45) is 0 Å². The molecule has 1 aromatic heterocycles. The zero-order chi connectivity index (χ0) is 18.2. The van der Waals surface area contributed by atoms with Crippen molar-refractivity contribution in [2.45, 2.75) is 43.6 Å². The first-order valence-electron chi connectivity index (χ1n) is 8.43. The van der Waals surface area contributed by atoms with Gasteiger partial charge < -0.3 is 9.88 Å². The van der Waals surface area contributed by atoms with Gasteiger partial charge in [0.05, 0.1) is 27.8 Å².